The summed E-state index contributed by atoms with van der Waals surface area (Å²) in [7, 11) is 2.87. The van der Waals surface area contributed by atoms with E-state index in [0.717, 1.165) is 0 Å². The summed E-state index contributed by atoms with van der Waals surface area (Å²) < 4.78 is 9.48. The van der Waals surface area contributed by atoms with E-state index in [1.165, 1.54) is 7.11 Å². The molecule has 0 saturated heterocycles. The number of esters is 1. The van der Waals surface area contributed by atoms with Gasteiger partial charge in [-0.15, -0.1) is 0 Å². The van der Waals surface area contributed by atoms with Crippen molar-refractivity contribution >= 4 is 23.3 Å². The zero-order valence-electron chi connectivity index (χ0n) is 12.3. The van der Waals surface area contributed by atoms with Gasteiger partial charge in [0.15, 0.2) is 0 Å². The molecule has 0 unspecified atom stereocenters. The van der Waals surface area contributed by atoms with E-state index in [9.17, 15) is 9.59 Å². The van der Waals surface area contributed by atoms with E-state index in [1.54, 1.807) is 25.3 Å². The summed E-state index contributed by atoms with van der Waals surface area (Å²) in [5, 5.41) is 5.78. The Balaban J connectivity index is 2.45. The molecule has 0 radical (unpaired) electrons. The summed E-state index contributed by atoms with van der Waals surface area (Å²) in [5.74, 6) is -0.559. The van der Waals surface area contributed by atoms with Crippen molar-refractivity contribution in [3.63, 3.8) is 0 Å². The number of benzene rings is 1. The fourth-order valence-electron chi connectivity index (χ4n) is 1.65. The zero-order chi connectivity index (χ0) is 15.7. The van der Waals surface area contributed by atoms with Crippen LogP contribution in [0.1, 0.15) is 16.8 Å². The molecule has 7 nitrogen and oxygen atoms in total. The molecular formula is C14H21N3O4. The molecule has 1 aromatic rings. The Labute approximate surface area is 123 Å². The van der Waals surface area contributed by atoms with Gasteiger partial charge in [-0.05, 0) is 18.2 Å². The number of hydrogen-bond acceptors (Lipinski definition) is 6. The number of carbonyl (C=O) groups is 2. The van der Waals surface area contributed by atoms with Crippen LogP contribution in [0, 0.1) is 0 Å². The summed E-state index contributed by atoms with van der Waals surface area (Å²) >= 11 is 0. The average molecular weight is 295 g/mol. The molecule has 0 aliphatic heterocycles. The molecular weight excluding hydrogens is 274 g/mol. The van der Waals surface area contributed by atoms with Crippen LogP contribution in [0.4, 0.5) is 11.4 Å². The number of methoxy groups -OCH3 is 2. The molecule has 4 N–H and O–H groups in total. The van der Waals surface area contributed by atoms with Crippen LogP contribution in [0.25, 0.3) is 0 Å². The van der Waals surface area contributed by atoms with Crippen LogP contribution >= 0.6 is 0 Å². The first-order chi connectivity index (χ1) is 10.1. The number of ether oxygens (including phenoxy) is 2. The van der Waals surface area contributed by atoms with Crippen molar-refractivity contribution in [3.8, 4) is 0 Å². The highest BCUT2D eigenvalue weighted by atomic mass is 16.5. The zero-order valence-corrected chi connectivity index (χ0v) is 12.3. The second-order valence-corrected chi connectivity index (χ2v) is 4.31. The summed E-state index contributed by atoms with van der Waals surface area (Å²) in [5.41, 5.74) is 7.06. The van der Waals surface area contributed by atoms with Gasteiger partial charge < -0.3 is 25.8 Å². The maximum absolute atomic E-state index is 11.5. The molecule has 0 fully saturated rings. The Morgan fingerprint density at radius 3 is 2.67 bits per heavy atom. The molecule has 0 heterocycles. The Bertz CT molecular complexity index is 491. The topological polar surface area (TPSA) is 103 Å². The van der Waals surface area contributed by atoms with E-state index in [2.05, 4.69) is 15.4 Å². The summed E-state index contributed by atoms with van der Waals surface area (Å²) in [4.78, 5) is 23.0. The monoisotopic (exact) mass is 295 g/mol. The van der Waals surface area contributed by atoms with Crippen molar-refractivity contribution in [2.24, 2.45) is 0 Å². The Hall–Kier alpha value is -2.28. The molecule has 0 spiro atoms. The van der Waals surface area contributed by atoms with Gasteiger partial charge in [-0.1, -0.05) is 0 Å². The Morgan fingerprint density at radius 1 is 1.24 bits per heavy atom. The fraction of sp³-hybridized carbons (Fsp3) is 0.429. The number of rotatable bonds is 8. The number of amides is 1. The van der Waals surface area contributed by atoms with E-state index in [4.69, 9.17) is 10.5 Å². The van der Waals surface area contributed by atoms with Crippen LogP contribution in [0.15, 0.2) is 18.2 Å². The first-order valence-electron chi connectivity index (χ1n) is 6.55. The number of nitrogens with two attached hydrogens (primary N) is 1. The Kier molecular flexibility index (Phi) is 7.03. The van der Waals surface area contributed by atoms with E-state index >= 15 is 0 Å². The smallest absolute Gasteiger partial charge is 0.340 e. The van der Waals surface area contributed by atoms with Gasteiger partial charge in [0.2, 0.25) is 5.91 Å². The molecule has 1 aromatic carbocycles. The van der Waals surface area contributed by atoms with Gasteiger partial charge in [0.25, 0.3) is 0 Å². The maximum Gasteiger partial charge on any atom is 0.340 e. The van der Waals surface area contributed by atoms with Crippen molar-refractivity contribution in [2.45, 2.75) is 6.42 Å². The van der Waals surface area contributed by atoms with E-state index in [0.29, 0.717) is 43.1 Å². The minimum atomic E-state index is -0.492. The van der Waals surface area contributed by atoms with Crippen molar-refractivity contribution < 1.29 is 19.1 Å². The Morgan fingerprint density at radius 2 is 2.00 bits per heavy atom. The minimum absolute atomic E-state index is 0.0665. The minimum Gasteiger partial charge on any atom is -0.465 e. The van der Waals surface area contributed by atoms with Crippen molar-refractivity contribution in [2.75, 3.05) is 45.0 Å². The lowest BCUT2D eigenvalue weighted by atomic mass is 10.1. The molecule has 0 atom stereocenters. The normalized spacial score (nSPS) is 10.0. The second kappa shape index (κ2) is 8.80. The molecule has 116 valence electrons. The van der Waals surface area contributed by atoms with Gasteiger partial charge in [-0.2, -0.15) is 0 Å². The molecule has 0 aromatic heterocycles. The number of nitrogen functional groups attached to an aromatic ring is 1. The van der Waals surface area contributed by atoms with Crippen LogP contribution < -0.4 is 16.4 Å². The standard InChI is InChI=1S/C14H21N3O4/c1-20-8-7-17-13(18)5-6-16-10-3-4-12(15)11(9-10)14(19)21-2/h3-4,9,16H,5-8,15H2,1-2H3,(H,17,18). The predicted octanol–water partition coefficient (Wildman–Crippen LogP) is 0.620. The molecule has 0 aliphatic rings. The highest BCUT2D eigenvalue weighted by Crippen LogP contribution is 2.18. The van der Waals surface area contributed by atoms with Crippen LogP contribution in [-0.2, 0) is 14.3 Å². The molecule has 0 aliphatic carbocycles. The lowest BCUT2D eigenvalue weighted by Gasteiger charge is -2.10. The fourth-order valence-corrected chi connectivity index (χ4v) is 1.65. The molecule has 21 heavy (non-hydrogen) atoms. The van der Waals surface area contributed by atoms with E-state index in [1.807, 2.05) is 0 Å². The first kappa shape index (κ1) is 16.8. The molecule has 7 heteroatoms. The lowest BCUT2D eigenvalue weighted by Crippen LogP contribution is -2.28. The largest absolute Gasteiger partial charge is 0.465 e. The highest BCUT2D eigenvalue weighted by molar-refractivity contribution is 5.96. The van der Waals surface area contributed by atoms with Crippen LogP contribution in [-0.4, -0.2) is 45.8 Å². The summed E-state index contributed by atoms with van der Waals surface area (Å²) in [6.07, 6.45) is 0.321. The van der Waals surface area contributed by atoms with Gasteiger partial charge in [0.05, 0.1) is 19.3 Å². The van der Waals surface area contributed by atoms with Gasteiger partial charge in [-0.25, -0.2) is 4.79 Å². The maximum atomic E-state index is 11.5. The molecule has 1 rings (SSSR count). The van der Waals surface area contributed by atoms with Crippen molar-refractivity contribution in [3.05, 3.63) is 23.8 Å². The third-order valence-electron chi connectivity index (χ3n) is 2.77. The molecule has 0 saturated carbocycles. The third-order valence-corrected chi connectivity index (χ3v) is 2.77. The summed E-state index contributed by atoms with van der Waals surface area (Å²) in [6.45, 7) is 1.42. The van der Waals surface area contributed by atoms with Gasteiger partial charge >= 0.3 is 5.97 Å². The van der Waals surface area contributed by atoms with Crippen LogP contribution in [0.3, 0.4) is 0 Å². The van der Waals surface area contributed by atoms with Gasteiger partial charge in [0, 0.05) is 38.0 Å². The molecule has 0 bridgehead atoms. The van der Waals surface area contributed by atoms with Crippen LogP contribution in [0.5, 0.6) is 0 Å². The van der Waals surface area contributed by atoms with E-state index in [-0.39, 0.29) is 5.91 Å². The number of hydrogen-bond donors (Lipinski definition) is 3. The van der Waals surface area contributed by atoms with Gasteiger partial charge in [-0.3, -0.25) is 4.79 Å². The summed E-state index contributed by atoms with van der Waals surface area (Å²) in [6, 6.07) is 4.96. The number of nitrogens with one attached hydrogen (secondary N) is 2. The van der Waals surface area contributed by atoms with Crippen molar-refractivity contribution in [1.82, 2.24) is 5.32 Å². The molecule has 1 amide bonds. The highest BCUT2D eigenvalue weighted by Gasteiger charge is 2.10. The second-order valence-electron chi connectivity index (χ2n) is 4.31. The predicted molar refractivity (Wildman–Crippen MR) is 80.2 cm³/mol. The number of carbonyl (C=O) groups excluding carboxylic acids is 2. The quantitative estimate of drug-likeness (QED) is 0.369. The lowest BCUT2D eigenvalue weighted by molar-refractivity contribution is -0.121. The van der Waals surface area contributed by atoms with Crippen LogP contribution in [0.2, 0.25) is 0 Å². The average Bonchev–Trinajstić information content (AvgIpc) is 2.48. The third kappa shape index (κ3) is 5.70. The van der Waals surface area contributed by atoms with E-state index < -0.39 is 5.97 Å². The van der Waals surface area contributed by atoms with Gasteiger partial charge in [0.1, 0.15) is 0 Å². The first-order valence-corrected chi connectivity index (χ1v) is 6.55. The SMILES string of the molecule is COCCNC(=O)CCNc1ccc(N)c(C(=O)OC)c1. The number of anilines is 2. The van der Waals surface area contributed by atoms with Crippen molar-refractivity contribution in [1.29, 1.82) is 0 Å².